The minimum absolute atomic E-state index is 0.0287. The predicted octanol–water partition coefficient (Wildman–Crippen LogP) is 9.88. The quantitative estimate of drug-likeness (QED) is 0.0989. The highest BCUT2D eigenvalue weighted by Crippen LogP contribution is 2.52. The van der Waals surface area contributed by atoms with Crippen LogP contribution < -0.4 is 28.4 Å². The summed E-state index contributed by atoms with van der Waals surface area (Å²) in [6, 6.07) is 21.5. The molecule has 0 fully saturated rings. The second-order valence-electron chi connectivity index (χ2n) is 16.5. The summed E-state index contributed by atoms with van der Waals surface area (Å²) in [4.78, 5) is 13.3. The van der Waals surface area contributed by atoms with Crippen LogP contribution in [0.5, 0.6) is 46.0 Å². The number of carboxylic acids is 1. The first-order chi connectivity index (χ1) is 28.1. The first-order valence-corrected chi connectivity index (χ1v) is 21.0. The third kappa shape index (κ3) is 8.88. The molecule has 0 saturated carbocycles. The molecule has 0 spiro atoms. The van der Waals surface area contributed by atoms with Crippen molar-refractivity contribution in [3.8, 4) is 46.0 Å². The molecule has 4 aliphatic heterocycles. The Balaban J connectivity index is 1.31. The molecule has 4 aliphatic rings. The Hall–Kier alpha value is -4.93. The minimum atomic E-state index is -0.701. The lowest BCUT2D eigenvalue weighted by molar-refractivity contribution is -0.941. The van der Waals surface area contributed by atoms with Gasteiger partial charge in [0.25, 0.3) is 0 Å². The van der Waals surface area contributed by atoms with Crippen LogP contribution in [0, 0.1) is 0 Å². The van der Waals surface area contributed by atoms with Crippen LogP contribution in [-0.4, -0.2) is 82.6 Å². The number of carboxylic acid groups (broad SMARTS) is 1. The Morgan fingerprint density at radius 2 is 1.41 bits per heavy atom. The molecule has 0 saturated heterocycles. The van der Waals surface area contributed by atoms with E-state index in [0.717, 1.165) is 98.8 Å². The van der Waals surface area contributed by atoms with Crippen LogP contribution in [0.2, 0.25) is 0 Å². The van der Waals surface area contributed by atoms with Gasteiger partial charge in [-0.1, -0.05) is 43.9 Å². The lowest BCUT2D eigenvalue weighted by Crippen LogP contribution is -2.52. The first kappa shape index (κ1) is 41.2. The number of nitrogens with zero attached hydrogens (tertiary/aromatic N) is 2. The molecule has 6 bridgehead atoms. The molecule has 10 nitrogen and oxygen atoms in total. The fourth-order valence-electron chi connectivity index (χ4n) is 9.42. The number of quaternary nitrogens is 1. The summed E-state index contributed by atoms with van der Waals surface area (Å²) in [5.41, 5.74) is 7.19. The third-order valence-electron chi connectivity index (χ3n) is 12.8. The molecule has 3 unspecified atom stereocenters. The second-order valence-corrected chi connectivity index (χ2v) is 16.5. The van der Waals surface area contributed by atoms with Crippen molar-refractivity contribution in [1.29, 1.82) is 0 Å². The highest BCUT2D eigenvalue weighted by Gasteiger charge is 2.40. The molecule has 4 aromatic rings. The fourth-order valence-corrected chi connectivity index (χ4v) is 9.42. The Morgan fingerprint density at radius 1 is 0.741 bits per heavy atom. The van der Waals surface area contributed by atoms with Gasteiger partial charge in [-0.25, -0.2) is 0 Å². The third-order valence-corrected chi connectivity index (χ3v) is 12.8. The van der Waals surface area contributed by atoms with Crippen molar-refractivity contribution in [3.05, 3.63) is 94.0 Å². The smallest absolute Gasteiger partial charge is 0.303 e. The Morgan fingerprint density at radius 3 is 2.12 bits per heavy atom. The molecule has 10 heteroatoms. The maximum absolute atomic E-state index is 10.9. The van der Waals surface area contributed by atoms with Gasteiger partial charge in [0, 0.05) is 43.0 Å². The van der Waals surface area contributed by atoms with Crippen LogP contribution in [0.1, 0.15) is 96.8 Å². The predicted molar refractivity (Wildman–Crippen MR) is 226 cm³/mol. The summed E-state index contributed by atoms with van der Waals surface area (Å²) in [5.74, 6) is 4.65. The highest BCUT2D eigenvalue weighted by molar-refractivity contribution is 5.66. The molecule has 0 aromatic heterocycles. The zero-order chi connectivity index (χ0) is 40.8. The number of benzene rings is 4. The maximum atomic E-state index is 10.9. The molecule has 8 rings (SSSR count). The summed E-state index contributed by atoms with van der Waals surface area (Å²) >= 11 is 0. The largest absolute Gasteiger partial charge is 0.493 e. The van der Waals surface area contributed by atoms with E-state index in [4.69, 9.17) is 33.5 Å². The van der Waals surface area contributed by atoms with Crippen LogP contribution >= 0.6 is 0 Å². The van der Waals surface area contributed by atoms with E-state index in [-0.39, 0.29) is 18.5 Å². The summed E-state index contributed by atoms with van der Waals surface area (Å²) in [6.07, 6.45) is 11.1. The summed E-state index contributed by atoms with van der Waals surface area (Å²) in [5, 5.41) is 8.97. The average molecular weight is 794 g/mol. The van der Waals surface area contributed by atoms with E-state index in [9.17, 15) is 4.79 Å². The van der Waals surface area contributed by atoms with E-state index >= 15 is 0 Å². The number of methoxy groups -OCH3 is 4. The second kappa shape index (κ2) is 18.3. The molecule has 1 N–H and O–H groups in total. The topological polar surface area (TPSA) is 95.9 Å². The van der Waals surface area contributed by atoms with Gasteiger partial charge in [0.05, 0.1) is 48.6 Å². The van der Waals surface area contributed by atoms with E-state index in [1.54, 1.807) is 28.4 Å². The van der Waals surface area contributed by atoms with Crippen LogP contribution in [0.25, 0.3) is 0 Å². The van der Waals surface area contributed by atoms with E-state index in [1.165, 1.54) is 28.7 Å². The van der Waals surface area contributed by atoms with Gasteiger partial charge < -0.3 is 38.0 Å². The first-order valence-electron chi connectivity index (χ1n) is 21.0. The SMILES string of the molecule is COc1ccc2cc1Oc1ccc(cc1)CC1c3cc(c(OC)cc3CC[N+]1(C)CCCCCCCCCC(=O)O)Oc1c(OC)c(OC)cc3c1C(C2)N(C)CC3. The summed E-state index contributed by atoms with van der Waals surface area (Å²) in [7, 11) is 11.4. The van der Waals surface area contributed by atoms with Gasteiger partial charge in [-0.3, -0.25) is 9.69 Å². The van der Waals surface area contributed by atoms with Gasteiger partial charge in [-0.2, -0.15) is 0 Å². The van der Waals surface area contributed by atoms with Gasteiger partial charge in [0.1, 0.15) is 11.8 Å². The molecular formula is C48H61N2O8+. The lowest BCUT2D eigenvalue weighted by atomic mass is 9.85. The molecular weight excluding hydrogens is 733 g/mol. The van der Waals surface area contributed by atoms with Gasteiger partial charge in [0.15, 0.2) is 34.5 Å². The van der Waals surface area contributed by atoms with Gasteiger partial charge in [-0.05, 0) is 104 Å². The Kier molecular flexibility index (Phi) is 13.0. The molecule has 4 heterocycles. The number of unbranched alkanes of at least 4 members (excludes halogenated alkanes) is 6. The van der Waals surface area contributed by atoms with Crippen molar-refractivity contribution in [2.24, 2.45) is 0 Å². The van der Waals surface area contributed by atoms with E-state index < -0.39 is 5.97 Å². The molecule has 0 amide bonds. The number of hydrogen-bond acceptors (Lipinski definition) is 8. The van der Waals surface area contributed by atoms with Crippen molar-refractivity contribution in [2.45, 2.75) is 89.1 Å². The average Bonchev–Trinajstić information content (AvgIpc) is 3.22. The summed E-state index contributed by atoms with van der Waals surface area (Å²) in [6.45, 7) is 2.97. The molecule has 310 valence electrons. The highest BCUT2D eigenvalue weighted by atomic mass is 16.5. The van der Waals surface area contributed by atoms with E-state index in [1.807, 2.05) is 6.07 Å². The standard InChI is InChI=1S/C48H60N2O8/c1-49-23-21-35-30-44(55-5)47(56-6)48-46(35)38(49)26-33-17-20-40(53-3)42(28-33)57-36-18-15-32(16-19-36)27-39-37-31-43(58-48)41(54-4)29-34(37)22-25-50(39,2)24-13-11-9-7-8-10-12-14-45(51)52/h15-20,28-31,38-39H,7-14,21-27H2,1-6H3/p+1. The van der Waals surface area contributed by atoms with E-state index in [0.29, 0.717) is 46.7 Å². The van der Waals surface area contributed by atoms with Gasteiger partial charge >= 0.3 is 5.97 Å². The van der Waals surface area contributed by atoms with Crippen molar-refractivity contribution in [2.75, 3.05) is 62.2 Å². The van der Waals surface area contributed by atoms with E-state index in [2.05, 4.69) is 73.6 Å². The van der Waals surface area contributed by atoms with Gasteiger partial charge in [0.2, 0.25) is 5.75 Å². The molecule has 58 heavy (non-hydrogen) atoms. The zero-order valence-corrected chi connectivity index (χ0v) is 35.2. The molecule has 4 aromatic carbocycles. The molecule has 0 aliphatic carbocycles. The van der Waals surface area contributed by atoms with Crippen LogP contribution in [0.15, 0.2) is 60.7 Å². The maximum Gasteiger partial charge on any atom is 0.303 e. The van der Waals surface area contributed by atoms with Crippen molar-refractivity contribution >= 4 is 5.97 Å². The van der Waals surface area contributed by atoms with Crippen LogP contribution in [0.4, 0.5) is 0 Å². The van der Waals surface area contributed by atoms with Gasteiger partial charge in [-0.15, -0.1) is 0 Å². The van der Waals surface area contributed by atoms with Crippen LogP contribution in [0.3, 0.4) is 0 Å². The number of likely N-dealkylation sites (N-methyl/N-ethyl adjacent to an activating group) is 2. The number of aliphatic carboxylic acids is 1. The number of fused-ring (bicyclic) bond motifs is 2. The van der Waals surface area contributed by atoms with Crippen molar-refractivity contribution in [1.82, 2.24) is 4.90 Å². The lowest BCUT2D eigenvalue weighted by Gasteiger charge is -2.46. The zero-order valence-electron chi connectivity index (χ0n) is 35.2. The number of ether oxygens (including phenoxy) is 6. The Bertz CT molecular complexity index is 2070. The number of hydrogen-bond donors (Lipinski definition) is 1. The van der Waals surface area contributed by atoms with Crippen molar-refractivity contribution in [3.63, 3.8) is 0 Å². The van der Waals surface area contributed by atoms with Crippen molar-refractivity contribution < 1.29 is 42.8 Å². The Labute approximate surface area is 344 Å². The fraction of sp³-hybridized carbons (Fsp3) is 0.479. The monoisotopic (exact) mass is 793 g/mol. The molecule has 3 atom stereocenters. The summed E-state index contributed by atoms with van der Waals surface area (Å²) < 4.78 is 38.7. The van der Waals surface area contributed by atoms with Crippen LogP contribution in [-0.2, 0) is 30.5 Å². The molecule has 0 radical (unpaired) electrons. The number of rotatable bonds is 14. The normalized spacial score (nSPS) is 19.8. The number of carbonyl (C=O) groups is 1. The minimum Gasteiger partial charge on any atom is -0.493 e.